The Hall–Kier alpha value is -0.890. The Kier molecular flexibility index (Phi) is 6.43. The molecule has 3 rings (SSSR count). The second kappa shape index (κ2) is 8.10. The molecule has 6 nitrogen and oxygen atoms in total. The van der Waals surface area contributed by atoms with Crippen molar-refractivity contribution in [3.8, 4) is 0 Å². The Morgan fingerprint density at radius 2 is 2.00 bits per heavy atom. The molecule has 22 heavy (non-hydrogen) atoms. The van der Waals surface area contributed by atoms with Crippen molar-refractivity contribution in [1.82, 2.24) is 14.8 Å². The van der Waals surface area contributed by atoms with Crippen LogP contribution >= 0.6 is 23.7 Å². The maximum atomic E-state index is 12.4. The van der Waals surface area contributed by atoms with E-state index in [-0.39, 0.29) is 18.3 Å². The normalized spacial score (nSPS) is 20.6. The first-order chi connectivity index (χ1) is 10.2. The van der Waals surface area contributed by atoms with Gasteiger partial charge in [-0.15, -0.1) is 23.7 Å². The van der Waals surface area contributed by atoms with Crippen molar-refractivity contribution in [1.29, 1.82) is 0 Å². The largest absolute Gasteiger partial charge is 0.378 e. The fourth-order valence-electron chi connectivity index (χ4n) is 3.00. The van der Waals surface area contributed by atoms with Gasteiger partial charge in [-0.1, -0.05) is 0 Å². The molecule has 1 aromatic heterocycles. The van der Waals surface area contributed by atoms with E-state index in [1.807, 2.05) is 11.1 Å². The standard InChI is InChI=1S/C14H22N4O2S.ClH/c15-14-16-9-12(21-14)10-17-3-1-11(2-4-17)13(19)18-5-7-20-8-6-18;/h9,11H,1-8,10H2,(H2,15,16);1H. The molecule has 0 unspecified atom stereocenters. The average Bonchev–Trinajstić information content (AvgIpc) is 2.93. The predicted octanol–water partition coefficient (Wildman–Crippen LogP) is 1.22. The van der Waals surface area contributed by atoms with Crippen LogP contribution in [0.3, 0.4) is 0 Å². The molecule has 124 valence electrons. The van der Waals surface area contributed by atoms with Crippen LogP contribution in [0, 0.1) is 5.92 Å². The minimum atomic E-state index is 0. The predicted molar refractivity (Wildman–Crippen MR) is 89.2 cm³/mol. The van der Waals surface area contributed by atoms with E-state index in [4.69, 9.17) is 10.5 Å². The van der Waals surface area contributed by atoms with E-state index in [2.05, 4.69) is 9.88 Å². The third-order valence-corrected chi connectivity index (χ3v) is 5.02. The van der Waals surface area contributed by atoms with E-state index in [0.29, 0.717) is 24.3 Å². The number of carbonyl (C=O) groups excluding carboxylic acids is 1. The number of ether oxygens (including phenoxy) is 1. The smallest absolute Gasteiger partial charge is 0.225 e. The van der Waals surface area contributed by atoms with Crippen molar-refractivity contribution in [2.24, 2.45) is 5.92 Å². The number of nitrogen functional groups attached to an aromatic ring is 1. The molecule has 0 radical (unpaired) electrons. The minimum absolute atomic E-state index is 0. The number of hydrogen-bond acceptors (Lipinski definition) is 6. The first kappa shape index (κ1) is 17.5. The molecule has 2 saturated heterocycles. The Labute approximate surface area is 141 Å². The molecule has 0 spiro atoms. The van der Waals surface area contributed by atoms with Gasteiger partial charge in [-0.3, -0.25) is 9.69 Å². The van der Waals surface area contributed by atoms with Gasteiger partial charge in [0.2, 0.25) is 5.91 Å². The Balaban J connectivity index is 0.00000176. The van der Waals surface area contributed by atoms with Crippen molar-refractivity contribution in [2.75, 3.05) is 45.1 Å². The van der Waals surface area contributed by atoms with Gasteiger partial charge in [0.25, 0.3) is 0 Å². The molecular weight excluding hydrogens is 324 g/mol. The number of nitrogens with zero attached hydrogens (tertiary/aromatic N) is 3. The number of anilines is 1. The molecule has 2 aliphatic heterocycles. The summed E-state index contributed by atoms with van der Waals surface area (Å²) in [7, 11) is 0. The lowest BCUT2D eigenvalue weighted by Gasteiger charge is -2.35. The second-order valence-corrected chi connectivity index (χ2v) is 6.80. The number of hydrogen-bond donors (Lipinski definition) is 1. The first-order valence-corrected chi connectivity index (χ1v) is 8.33. The summed E-state index contributed by atoms with van der Waals surface area (Å²) in [5, 5.41) is 0.627. The molecule has 1 aromatic rings. The van der Waals surface area contributed by atoms with Crippen LogP contribution in [0.25, 0.3) is 0 Å². The summed E-state index contributed by atoms with van der Waals surface area (Å²) in [6, 6.07) is 0. The number of carbonyl (C=O) groups is 1. The highest BCUT2D eigenvalue weighted by atomic mass is 35.5. The van der Waals surface area contributed by atoms with Crippen LogP contribution in [-0.2, 0) is 16.1 Å². The number of aromatic nitrogens is 1. The van der Waals surface area contributed by atoms with Crippen molar-refractivity contribution < 1.29 is 9.53 Å². The van der Waals surface area contributed by atoms with Gasteiger partial charge in [0, 0.05) is 36.6 Å². The summed E-state index contributed by atoms with van der Waals surface area (Å²) in [6.07, 6.45) is 3.75. The van der Waals surface area contributed by atoms with Crippen LogP contribution in [0.5, 0.6) is 0 Å². The van der Waals surface area contributed by atoms with Gasteiger partial charge in [0.1, 0.15) is 0 Å². The van der Waals surface area contributed by atoms with Gasteiger partial charge < -0.3 is 15.4 Å². The van der Waals surface area contributed by atoms with Crippen LogP contribution in [0.15, 0.2) is 6.20 Å². The third-order valence-electron chi connectivity index (χ3n) is 4.21. The Morgan fingerprint density at radius 1 is 1.32 bits per heavy atom. The van der Waals surface area contributed by atoms with Crippen molar-refractivity contribution in [3.63, 3.8) is 0 Å². The number of piperidine rings is 1. The molecular formula is C14H23ClN4O2S. The summed E-state index contributed by atoms with van der Waals surface area (Å²) in [5.41, 5.74) is 5.66. The molecule has 0 atom stereocenters. The molecule has 0 aromatic carbocycles. The topological polar surface area (TPSA) is 71.7 Å². The van der Waals surface area contributed by atoms with Gasteiger partial charge in [0.15, 0.2) is 5.13 Å². The van der Waals surface area contributed by atoms with E-state index in [1.54, 1.807) is 11.3 Å². The number of nitrogens with two attached hydrogens (primary N) is 1. The maximum Gasteiger partial charge on any atom is 0.225 e. The van der Waals surface area contributed by atoms with E-state index < -0.39 is 0 Å². The number of likely N-dealkylation sites (tertiary alicyclic amines) is 1. The lowest BCUT2D eigenvalue weighted by Crippen LogP contribution is -2.46. The molecule has 2 fully saturated rings. The van der Waals surface area contributed by atoms with Crippen LogP contribution in [0.4, 0.5) is 5.13 Å². The minimum Gasteiger partial charge on any atom is -0.378 e. The van der Waals surface area contributed by atoms with Crippen LogP contribution in [0.2, 0.25) is 0 Å². The van der Waals surface area contributed by atoms with Gasteiger partial charge >= 0.3 is 0 Å². The summed E-state index contributed by atoms with van der Waals surface area (Å²) < 4.78 is 5.31. The molecule has 1 amide bonds. The maximum absolute atomic E-state index is 12.4. The van der Waals surface area contributed by atoms with Gasteiger partial charge in [-0.2, -0.15) is 0 Å². The van der Waals surface area contributed by atoms with Crippen molar-refractivity contribution in [2.45, 2.75) is 19.4 Å². The highest BCUT2D eigenvalue weighted by Crippen LogP contribution is 2.23. The summed E-state index contributed by atoms with van der Waals surface area (Å²) in [6.45, 7) is 5.69. The molecule has 0 bridgehead atoms. The van der Waals surface area contributed by atoms with E-state index in [1.165, 1.54) is 4.88 Å². The average molecular weight is 347 g/mol. The molecule has 0 saturated carbocycles. The van der Waals surface area contributed by atoms with Crippen LogP contribution in [-0.4, -0.2) is 60.1 Å². The Bertz CT molecular complexity index is 485. The zero-order chi connectivity index (χ0) is 14.7. The van der Waals surface area contributed by atoms with Gasteiger partial charge in [-0.05, 0) is 25.9 Å². The number of morpholine rings is 1. The molecule has 3 heterocycles. The zero-order valence-corrected chi connectivity index (χ0v) is 14.2. The SMILES string of the molecule is Cl.Nc1ncc(CN2CCC(C(=O)N3CCOCC3)CC2)s1. The fraction of sp³-hybridized carbons (Fsp3) is 0.714. The lowest BCUT2D eigenvalue weighted by molar-refractivity contribution is -0.141. The third kappa shape index (κ3) is 4.32. The number of rotatable bonds is 3. The fourth-order valence-corrected chi connectivity index (χ4v) is 3.72. The quantitative estimate of drug-likeness (QED) is 0.891. The van der Waals surface area contributed by atoms with Gasteiger partial charge in [-0.25, -0.2) is 4.98 Å². The van der Waals surface area contributed by atoms with E-state index >= 15 is 0 Å². The molecule has 0 aliphatic carbocycles. The number of amides is 1. The summed E-state index contributed by atoms with van der Waals surface area (Å²) in [5.74, 6) is 0.505. The Morgan fingerprint density at radius 3 is 2.59 bits per heavy atom. The van der Waals surface area contributed by atoms with E-state index in [0.717, 1.165) is 45.6 Å². The van der Waals surface area contributed by atoms with Crippen LogP contribution < -0.4 is 5.73 Å². The highest BCUT2D eigenvalue weighted by Gasteiger charge is 2.29. The zero-order valence-electron chi connectivity index (χ0n) is 12.6. The monoisotopic (exact) mass is 346 g/mol. The van der Waals surface area contributed by atoms with Crippen molar-refractivity contribution >= 4 is 34.8 Å². The van der Waals surface area contributed by atoms with Crippen molar-refractivity contribution in [3.05, 3.63) is 11.1 Å². The highest BCUT2D eigenvalue weighted by molar-refractivity contribution is 7.15. The number of halogens is 1. The summed E-state index contributed by atoms with van der Waals surface area (Å²) in [4.78, 5) is 22.1. The van der Waals surface area contributed by atoms with E-state index in [9.17, 15) is 4.79 Å². The lowest BCUT2D eigenvalue weighted by atomic mass is 9.95. The van der Waals surface area contributed by atoms with Crippen LogP contribution in [0.1, 0.15) is 17.7 Å². The number of thiazole rings is 1. The first-order valence-electron chi connectivity index (χ1n) is 7.51. The molecule has 8 heteroatoms. The van der Waals surface area contributed by atoms with Gasteiger partial charge in [0.05, 0.1) is 13.2 Å². The molecule has 2 N–H and O–H groups in total. The molecule has 2 aliphatic rings. The second-order valence-electron chi connectivity index (χ2n) is 5.65. The summed E-state index contributed by atoms with van der Waals surface area (Å²) >= 11 is 1.55.